The van der Waals surface area contributed by atoms with Crippen LogP contribution in [-0.4, -0.2) is 17.5 Å². The fraction of sp³-hybridized carbons (Fsp3) is 0.158. The van der Waals surface area contributed by atoms with Crippen LogP contribution in [0.4, 0.5) is 0 Å². The second-order valence-corrected chi connectivity index (χ2v) is 6.09. The molecule has 1 amide bonds. The number of nitriles is 1. The third-order valence-electron chi connectivity index (χ3n) is 4.27. The van der Waals surface area contributed by atoms with Gasteiger partial charge in [-0.15, -0.1) is 0 Å². The Hall–Kier alpha value is -2.77. The minimum Gasteiger partial charge on any atom is -0.354 e. The molecule has 0 unspecified atom stereocenters. The first-order chi connectivity index (χ1) is 11.5. The minimum absolute atomic E-state index is 0.147. The SMILES string of the molecule is CNC(=O)c1c(C)c2cc(C#N)cc(-c3ccc(Cl)cc3)c2n1C. The number of carbonyl (C=O) groups excluding carboxylic acids is 1. The smallest absolute Gasteiger partial charge is 0.267 e. The van der Waals surface area contributed by atoms with Crippen molar-refractivity contribution in [3.05, 3.63) is 58.2 Å². The molecule has 2 aromatic carbocycles. The molecule has 24 heavy (non-hydrogen) atoms. The summed E-state index contributed by atoms with van der Waals surface area (Å²) in [5.74, 6) is -0.147. The topological polar surface area (TPSA) is 57.8 Å². The molecule has 0 aliphatic rings. The molecule has 3 aromatic rings. The van der Waals surface area contributed by atoms with E-state index in [-0.39, 0.29) is 5.91 Å². The van der Waals surface area contributed by atoms with Gasteiger partial charge in [-0.1, -0.05) is 23.7 Å². The molecule has 0 fully saturated rings. The second-order valence-electron chi connectivity index (χ2n) is 5.65. The fourth-order valence-electron chi connectivity index (χ4n) is 3.13. The average Bonchev–Trinajstić information content (AvgIpc) is 2.85. The molecule has 0 radical (unpaired) electrons. The molecule has 0 bridgehead atoms. The van der Waals surface area contributed by atoms with Crippen LogP contribution in [-0.2, 0) is 7.05 Å². The van der Waals surface area contributed by atoms with E-state index in [0.717, 1.165) is 27.6 Å². The Morgan fingerprint density at radius 1 is 1.25 bits per heavy atom. The van der Waals surface area contributed by atoms with Crippen LogP contribution in [0.15, 0.2) is 36.4 Å². The summed E-state index contributed by atoms with van der Waals surface area (Å²) in [6, 6.07) is 13.3. The van der Waals surface area contributed by atoms with Crippen LogP contribution in [0.5, 0.6) is 0 Å². The molecule has 1 heterocycles. The number of nitrogens with one attached hydrogen (secondary N) is 1. The highest BCUT2D eigenvalue weighted by Crippen LogP contribution is 2.35. The van der Waals surface area contributed by atoms with Crippen LogP contribution in [0.1, 0.15) is 21.6 Å². The lowest BCUT2D eigenvalue weighted by molar-refractivity contribution is 0.0955. The van der Waals surface area contributed by atoms with E-state index in [1.807, 2.05) is 54.9 Å². The number of aromatic nitrogens is 1. The van der Waals surface area contributed by atoms with Gasteiger partial charge in [0.1, 0.15) is 5.69 Å². The maximum absolute atomic E-state index is 12.3. The maximum atomic E-state index is 12.3. The van der Waals surface area contributed by atoms with Gasteiger partial charge in [-0.3, -0.25) is 4.79 Å². The van der Waals surface area contributed by atoms with Gasteiger partial charge in [0.2, 0.25) is 0 Å². The van der Waals surface area contributed by atoms with Crippen LogP contribution in [0.3, 0.4) is 0 Å². The van der Waals surface area contributed by atoms with E-state index in [9.17, 15) is 10.1 Å². The summed E-state index contributed by atoms with van der Waals surface area (Å²) in [5, 5.41) is 13.6. The van der Waals surface area contributed by atoms with Gasteiger partial charge in [0.15, 0.2) is 0 Å². The third-order valence-corrected chi connectivity index (χ3v) is 4.52. The van der Waals surface area contributed by atoms with Gasteiger partial charge in [0, 0.05) is 30.1 Å². The summed E-state index contributed by atoms with van der Waals surface area (Å²) in [5.41, 5.74) is 4.79. The first-order valence-corrected chi connectivity index (χ1v) is 7.87. The van der Waals surface area contributed by atoms with Crippen molar-refractivity contribution >= 4 is 28.4 Å². The summed E-state index contributed by atoms with van der Waals surface area (Å²) in [6.45, 7) is 1.90. The van der Waals surface area contributed by atoms with E-state index >= 15 is 0 Å². The van der Waals surface area contributed by atoms with Crippen molar-refractivity contribution in [2.45, 2.75) is 6.92 Å². The van der Waals surface area contributed by atoms with Crippen molar-refractivity contribution in [1.29, 1.82) is 5.26 Å². The standard InChI is InChI=1S/C19H16ClN3O/c1-11-15-8-12(10-21)9-16(13-4-6-14(20)7-5-13)18(15)23(3)17(11)19(24)22-2/h4-9H,1-3H3,(H,22,24). The lowest BCUT2D eigenvalue weighted by Crippen LogP contribution is -2.21. The zero-order valence-corrected chi connectivity index (χ0v) is 14.4. The van der Waals surface area contributed by atoms with E-state index in [4.69, 9.17) is 11.6 Å². The molecule has 1 N–H and O–H groups in total. The third kappa shape index (κ3) is 2.44. The number of benzene rings is 2. The Kier molecular flexibility index (Phi) is 4.04. The summed E-state index contributed by atoms with van der Waals surface area (Å²) in [4.78, 5) is 12.3. The second kappa shape index (κ2) is 6.03. The summed E-state index contributed by atoms with van der Waals surface area (Å²) >= 11 is 5.99. The molecule has 0 aliphatic carbocycles. The van der Waals surface area contributed by atoms with Crippen LogP contribution < -0.4 is 5.32 Å². The van der Waals surface area contributed by atoms with Crippen LogP contribution in [0.25, 0.3) is 22.0 Å². The number of halogens is 1. The van der Waals surface area contributed by atoms with Gasteiger partial charge in [0.05, 0.1) is 17.1 Å². The van der Waals surface area contributed by atoms with Crippen molar-refractivity contribution in [1.82, 2.24) is 9.88 Å². The van der Waals surface area contributed by atoms with Gasteiger partial charge in [-0.05, 0) is 42.3 Å². The van der Waals surface area contributed by atoms with Crippen LogP contribution in [0.2, 0.25) is 5.02 Å². The monoisotopic (exact) mass is 337 g/mol. The number of amides is 1. The summed E-state index contributed by atoms with van der Waals surface area (Å²) in [6.07, 6.45) is 0. The quantitative estimate of drug-likeness (QED) is 0.767. The average molecular weight is 338 g/mol. The van der Waals surface area contributed by atoms with E-state index in [1.54, 1.807) is 7.05 Å². The van der Waals surface area contributed by atoms with E-state index in [2.05, 4.69) is 11.4 Å². The van der Waals surface area contributed by atoms with Crippen molar-refractivity contribution in [3.63, 3.8) is 0 Å². The first-order valence-electron chi connectivity index (χ1n) is 7.49. The Bertz CT molecular complexity index is 994. The highest BCUT2D eigenvalue weighted by atomic mass is 35.5. The predicted octanol–water partition coefficient (Wildman–Crippen LogP) is 4.04. The number of hydrogen-bond acceptors (Lipinski definition) is 2. The number of nitrogens with zero attached hydrogens (tertiary/aromatic N) is 2. The largest absolute Gasteiger partial charge is 0.354 e. The Labute approximate surface area is 145 Å². The lowest BCUT2D eigenvalue weighted by atomic mass is 9.99. The normalized spacial score (nSPS) is 10.6. The zero-order chi connectivity index (χ0) is 17.4. The summed E-state index contributed by atoms with van der Waals surface area (Å²) < 4.78 is 1.88. The molecule has 0 atom stereocenters. The predicted molar refractivity (Wildman–Crippen MR) is 96.2 cm³/mol. The van der Waals surface area contributed by atoms with Crippen molar-refractivity contribution in [3.8, 4) is 17.2 Å². The highest BCUT2D eigenvalue weighted by molar-refractivity contribution is 6.30. The van der Waals surface area contributed by atoms with Gasteiger partial charge < -0.3 is 9.88 Å². The van der Waals surface area contributed by atoms with Crippen molar-refractivity contribution in [2.75, 3.05) is 7.05 Å². The molecule has 0 saturated heterocycles. The molecular weight excluding hydrogens is 322 g/mol. The van der Waals surface area contributed by atoms with Crippen molar-refractivity contribution < 1.29 is 4.79 Å². The first kappa shape index (κ1) is 16.1. The Balaban J connectivity index is 2.42. The molecule has 4 nitrogen and oxygen atoms in total. The summed E-state index contributed by atoms with van der Waals surface area (Å²) in [7, 11) is 3.48. The molecule has 3 rings (SSSR count). The van der Waals surface area contributed by atoms with E-state index in [0.29, 0.717) is 16.3 Å². The fourth-order valence-corrected chi connectivity index (χ4v) is 3.25. The van der Waals surface area contributed by atoms with Gasteiger partial charge in [-0.2, -0.15) is 5.26 Å². The molecule has 0 spiro atoms. The zero-order valence-electron chi connectivity index (χ0n) is 13.6. The minimum atomic E-state index is -0.147. The highest BCUT2D eigenvalue weighted by Gasteiger charge is 2.20. The van der Waals surface area contributed by atoms with Gasteiger partial charge in [-0.25, -0.2) is 0 Å². The number of carbonyl (C=O) groups is 1. The van der Waals surface area contributed by atoms with Crippen molar-refractivity contribution in [2.24, 2.45) is 7.05 Å². The molecule has 120 valence electrons. The lowest BCUT2D eigenvalue weighted by Gasteiger charge is -2.09. The van der Waals surface area contributed by atoms with Crippen LogP contribution in [0, 0.1) is 18.3 Å². The molecule has 0 saturated carbocycles. The number of rotatable bonds is 2. The van der Waals surface area contributed by atoms with Gasteiger partial charge >= 0.3 is 0 Å². The Morgan fingerprint density at radius 2 is 1.92 bits per heavy atom. The number of fused-ring (bicyclic) bond motifs is 1. The number of aryl methyl sites for hydroxylation is 2. The molecule has 0 aliphatic heterocycles. The van der Waals surface area contributed by atoms with E-state index in [1.165, 1.54) is 0 Å². The van der Waals surface area contributed by atoms with E-state index < -0.39 is 0 Å². The molecule has 1 aromatic heterocycles. The molecular formula is C19H16ClN3O. The Morgan fingerprint density at radius 3 is 2.50 bits per heavy atom. The number of hydrogen-bond donors (Lipinski definition) is 1. The maximum Gasteiger partial charge on any atom is 0.267 e. The van der Waals surface area contributed by atoms with Gasteiger partial charge in [0.25, 0.3) is 5.91 Å². The van der Waals surface area contributed by atoms with Crippen LogP contribution >= 0.6 is 11.6 Å². The molecule has 5 heteroatoms.